The highest BCUT2D eigenvalue weighted by molar-refractivity contribution is 5.70. The van der Waals surface area contributed by atoms with E-state index in [0.717, 1.165) is 96.3 Å². The average Bonchev–Trinajstić information content (AvgIpc) is 3.30. The number of carbonyl (C=O) groups excluding carboxylic acids is 2. The Labute approximate surface area is 396 Å². The first kappa shape index (κ1) is 61.1. The third-order valence-corrected chi connectivity index (χ3v) is 11.7. The van der Waals surface area contributed by atoms with Gasteiger partial charge in [0.1, 0.15) is 6.61 Å². The molecule has 368 valence electrons. The van der Waals surface area contributed by atoms with Crippen LogP contribution in [-0.4, -0.2) is 36.4 Å². The molecule has 0 spiro atoms. The van der Waals surface area contributed by atoms with Gasteiger partial charge in [0.2, 0.25) is 0 Å². The van der Waals surface area contributed by atoms with Crippen molar-refractivity contribution in [1.29, 1.82) is 0 Å². The molecule has 1 unspecified atom stereocenters. The van der Waals surface area contributed by atoms with E-state index in [-0.39, 0.29) is 25.2 Å². The van der Waals surface area contributed by atoms with Gasteiger partial charge in [-0.3, -0.25) is 9.59 Å². The number of esters is 2. The smallest absolute Gasteiger partial charge is 0.306 e. The van der Waals surface area contributed by atoms with Gasteiger partial charge < -0.3 is 14.6 Å². The minimum atomic E-state index is -0.787. The Morgan fingerprint density at radius 1 is 0.375 bits per heavy atom. The molecule has 0 saturated carbocycles. The molecule has 0 radical (unpaired) electrons. The Morgan fingerprint density at radius 3 is 1.02 bits per heavy atom. The van der Waals surface area contributed by atoms with Crippen LogP contribution in [0.1, 0.15) is 258 Å². The second kappa shape index (κ2) is 54.4. The Morgan fingerprint density at radius 2 is 0.672 bits per heavy atom. The molecule has 0 aliphatic heterocycles. The van der Waals surface area contributed by atoms with Gasteiger partial charge in [-0.15, -0.1) is 0 Å². The highest BCUT2D eigenvalue weighted by Crippen LogP contribution is 2.16. The van der Waals surface area contributed by atoms with Gasteiger partial charge in [0, 0.05) is 12.8 Å². The zero-order chi connectivity index (χ0) is 46.3. The van der Waals surface area contributed by atoms with Crippen LogP contribution in [0.4, 0.5) is 0 Å². The summed E-state index contributed by atoms with van der Waals surface area (Å²) in [6.07, 6.45) is 75.5. The molecule has 1 N–H and O–H groups in total. The summed E-state index contributed by atoms with van der Waals surface area (Å²) in [6, 6.07) is 0. The molecule has 1 atom stereocenters. The van der Waals surface area contributed by atoms with Crippen LogP contribution in [0.25, 0.3) is 0 Å². The predicted molar refractivity (Wildman–Crippen MR) is 279 cm³/mol. The number of aliphatic hydroxyl groups is 1. The van der Waals surface area contributed by atoms with Crippen molar-refractivity contribution in [2.45, 2.75) is 264 Å². The number of ether oxygens (including phenoxy) is 2. The van der Waals surface area contributed by atoms with Gasteiger partial charge in [0.05, 0.1) is 6.61 Å². The lowest BCUT2D eigenvalue weighted by molar-refractivity contribution is -0.161. The monoisotopic (exact) mass is 891 g/mol. The summed E-state index contributed by atoms with van der Waals surface area (Å²) in [5.41, 5.74) is 0. The fourth-order valence-electron chi connectivity index (χ4n) is 7.61. The molecule has 0 bridgehead atoms. The summed E-state index contributed by atoms with van der Waals surface area (Å²) in [7, 11) is 0. The maximum Gasteiger partial charge on any atom is 0.306 e. The van der Waals surface area contributed by atoms with Crippen molar-refractivity contribution in [3.63, 3.8) is 0 Å². The lowest BCUT2D eigenvalue weighted by Gasteiger charge is -2.15. The second-order valence-electron chi connectivity index (χ2n) is 17.9. The lowest BCUT2D eigenvalue weighted by atomic mass is 10.0. The molecule has 0 aliphatic rings. The van der Waals surface area contributed by atoms with E-state index in [0.29, 0.717) is 12.8 Å². The van der Waals surface area contributed by atoms with Crippen molar-refractivity contribution >= 4 is 11.9 Å². The summed E-state index contributed by atoms with van der Waals surface area (Å²) in [5.74, 6) is -0.609. The first-order valence-corrected chi connectivity index (χ1v) is 27.1. The number of hydrogen-bond donors (Lipinski definition) is 1. The number of allylic oxidation sites excluding steroid dienone is 14. The third-order valence-electron chi connectivity index (χ3n) is 11.7. The van der Waals surface area contributed by atoms with E-state index in [1.54, 1.807) is 0 Å². The quantitative estimate of drug-likeness (QED) is 0.0374. The van der Waals surface area contributed by atoms with Crippen LogP contribution in [0.3, 0.4) is 0 Å². The van der Waals surface area contributed by atoms with Gasteiger partial charge in [-0.2, -0.15) is 0 Å². The van der Waals surface area contributed by atoms with Crippen molar-refractivity contribution in [2.24, 2.45) is 0 Å². The van der Waals surface area contributed by atoms with E-state index in [1.807, 2.05) is 0 Å². The second-order valence-corrected chi connectivity index (χ2v) is 17.9. The fraction of sp³-hybridized carbons (Fsp3) is 0.729. The van der Waals surface area contributed by atoms with Crippen molar-refractivity contribution in [1.82, 2.24) is 0 Å². The van der Waals surface area contributed by atoms with Gasteiger partial charge in [0.25, 0.3) is 0 Å². The molecule has 0 fully saturated rings. The van der Waals surface area contributed by atoms with E-state index in [4.69, 9.17) is 9.47 Å². The Hall–Kier alpha value is -2.92. The van der Waals surface area contributed by atoms with Crippen LogP contribution >= 0.6 is 0 Å². The third kappa shape index (κ3) is 51.7. The number of rotatable bonds is 49. The Bertz CT molecular complexity index is 1190. The van der Waals surface area contributed by atoms with Crippen molar-refractivity contribution in [2.75, 3.05) is 13.2 Å². The number of hydrogen-bond acceptors (Lipinski definition) is 5. The van der Waals surface area contributed by atoms with Gasteiger partial charge >= 0.3 is 11.9 Å². The van der Waals surface area contributed by atoms with Crippen molar-refractivity contribution in [3.8, 4) is 0 Å². The summed E-state index contributed by atoms with van der Waals surface area (Å²) in [6.45, 7) is 4.02. The summed E-state index contributed by atoms with van der Waals surface area (Å²) in [4.78, 5) is 24.5. The molecule has 0 aromatic carbocycles. The van der Waals surface area contributed by atoms with E-state index < -0.39 is 6.10 Å². The molecule has 0 heterocycles. The normalized spacial score (nSPS) is 12.9. The minimum absolute atomic E-state index is 0.0762. The molecular formula is C59H102O5. The van der Waals surface area contributed by atoms with Crippen LogP contribution < -0.4 is 0 Å². The molecule has 5 nitrogen and oxygen atoms in total. The van der Waals surface area contributed by atoms with Crippen molar-refractivity contribution in [3.05, 3.63) is 85.1 Å². The summed E-state index contributed by atoms with van der Waals surface area (Å²) in [5, 5.41) is 9.64. The number of carbonyl (C=O) groups is 2. The number of aliphatic hydroxyl groups excluding tert-OH is 1. The molecule has 5 heteroatoms. The minimum Gasteiger partial charge on any atom is -0.462 e. The van der Waals surface area contributed by atoms with Gasteiger partial charge in [-0.1, -0.05) is 240 Å². The highest BCUT2D eigenvalue weighted by Gasteiger charge is 2.16. The van der Waals surface area contributed by atoms with E-state index in [9.17, 15) is 14.7 Å². The average molecular weight is 891 g/mol. The Balaban J connectivity index is 3.51. The molecule has 64 heavy (non-hydrogen) atoms. The van der Waals surface area contributed by atoms with Gasteiger partial charge in [0.15, 0.2) is 6.10 Å². The molecule has 0 aliphatic carbocycles. The van der Waals surface area contributed by atoms with Crippen LogP contribution in [0.5, 0.6) is 0 Å². The molecule has 0 rings (SSSR count). The summed E-state index contributed by atoms with van der Waals surface area (Å²) >= 11 is 0. The molecule has 0 aromatic rings. The van der Waals surface area contributed by atoms with E-state index >= 15 is 0 Å². The molecule has 0 saturated heterocycles. The molecule has 0 aromatic heterocycles. The fourth-order valence-corrected chi connectivity index (χ4v) is 7.61. The zero-order valence-electron chi connectivity index (χ0n) is 42.0. The first-order chi connectivity index (χ1) is 31.6. The maximum atomic E-state index is 12.3. The topological polar surface area (TPSA) is 72.8 Å². The molecular weight excluding hydrogens is 789 g/mol. The maximum absolute atomic E-state index is 12.3. The molecule has 0 amide bonds. The largest absolute Gasteiger partial charge is 0.462 e. The van der Waals surface area contributed by atoms with E-state index in [1.165, 1.54) is 135 Å². The highest BCUT2D eigenvalue weighted by atomic mass is 16.6. The van der Waals surface area contributed by atoms with Crippen LogP contribution in [0.15, 0.2) is 85.1 Å². The summed E-state index contributed by atoms with van der Waals surface area (Å²) < 4.78 is 10.7. The Kier molecular flexibility index (Phi) is 51.9. The van der Waals surface area contributed by atoms with Crippen LogP contribution in [-0.2, 0) is 19.1 Å². The SMILES string of the molecule is CC/C=C\C/C=C\C/C=C\C/C=C\C/C=C\CCCCCCCC(=O)OC(CO)COC(=O)CCCCCCCCCCCCCCCCCCC/C=C\C/C=C\CCCCCCC. The first-order valence-electron chi connectivity index (χ1n) is 27.1. The van der Waals surface area contributed by atoms with E-state index in [2.05, 4.69) is 98.9 Å². The van der Waals surface area contributed by atoms with Gasteiger partial charge in [-0.25, -0.2) is 0 Å². The zero-order valence-corrected chi connectivity index (χ0v) is 42.0. The van der Waals surface area contributed by atoms with Crippen LogP contribution in [0.2, 0.25) is 0 Å². The van der Waals surface area contributed by atoms with Gasteiger partial charge in [-0.05, 0) is 89.9 Å². The lowest BCUT2D eigenvalue weighted by Crippen LogP contribution is -2.28. The standard InChI is InChI=1S/C59H102O5/c1-3-5-7-9-11-13-15-17-19-21-23-25-26-27-28-29-30-31-32-34-35-37-39-41-43-45-47-49-51-53-58(61)63-56-57(55-60)64-59(62)54-52-50-48-46-44-42-40-38-36-33-24-22-20-18-16-14-12-10-8-6-4-2/h6,8,12,14-15,17-18,20-21,23-24,33,38,40,57,60H,3-5,7,9-11,13,16,19,22,25-32,34-37,39,41-56H2,1-2H3/b8-6-,14-12-,17-15-,20-18-,23-21-,33-24-,40-38-. The predicted octanol–water partition coefficient (Wildman–Crippen LogP) is 18.2. The number of unbranched alkanes of at least 4 members (excludes halogenated alkanes) is 27. The van der Waals surface area contributed by atoms with Crippen LogP contribution in [0, 0.1) is 0 Å². The van der Waals surface area contributed by atoms with Crippen molar-refractivity contribution < 1.29 is 24.2 Å².